The third kappa shape index (κ3) is 5.03. The molecule has 0 spiro atoms. The lowest BCUT2D eigenvalue weighted by Crippen LogP contribution is -2.54. The lowest BCUT2D eigenvalue weighted by Gasteiger charge is -2.26. The molecule has 166 valence electrons. The van der Waals surface area contributed by atoms with Crippen molar-refractivity contribution >= 4 is 64.4 Å². The summed E-state index contributed by atoms with van der Waals surface area (Å²) < 4.78 is 5.89. The Bertz CT molecular complexity index is 1290. The number of rotatable bonds is 5. The maximum absolute atomic E-state index is 13.1. The van der Waals surface area contributed by atoms with E-state index in [1.807, 2.05) is 18.2 Å². The summed E-state index contributed by atoms with van der Waals surface area (Å²) in [6.07, 6.45) is 1.33. The average Bonchev–Trinajstić information content (AvgIpc) is 2.78. The van der Waals surface area contributed by atoms with Gasteiger partial charge in [-0.05, 0) is 54.6 Å². The van der Waals surface area contributed by atoms with Gasteiger partial charge in [-0.3, -0.25) is 14.9 Å². The molecule has 33 heavy (non-hydrogen) atoms. The first-order valence-corrected chi connectivity index (χ1v) is 10.8. The SMILES string of the molecule is O=C1NC(=O)N(c2ccc(Cl)cc2)C(=O)/C1=C/c1cc(Cl)ccc1OCc1ccccc1Cl. The molecule has 3 aromatic rings. The van der Waals surface area contributed by atoms with Crippen LogP contribution in [0.4, 0.5) is 10.5 Å². The van der Waals surface area contributed by atoms with Crippen molar-refractivity contribution in [2.24, 2.45) is 0 Å². The van der Waals surface area contributed by atoms with E-state index in [-0.39, 0.29) is 17.9 Å². The summed E-state index contributed by atoms with van der Waals surface area (Å²) in [6.45, 7) is 0.160. The minimum Gasteiger partial charge on any atom is -0.488 e. The van der Waals surface area contributed by atoms with Gasteiger partial charge < -0.3 is 4.74 Å². The Morgan fingerprint density at radius 1 is 0.879 bits per heavy atom. The second-order valence-electron chi connectivity index (χ2n) is 7.00. The Kier molecular flexibility index (Phi) is 6.70. The predicted molar refractivity (Wildman–Crippen MR) is 128 cm³/mol. The lowest BCUT2D eigenvalue weighted by molar-refractivity contribution is -0.122. The molecule has 0 radical (unpaired) electrons. The second-order valence-corrected chi connectivity index (χ2v) is 8.28. The van der Waals surface area contributed by atoms with Gasteiger partial charge in [-0.15, -0.1) is 0 Å². The number of imide groups is 2. The Morgan fingerprint density at radius 2 is 1.58 bits per heavy atom. The Labute approximate surface area is 204 Å². The van der Waals surface area contributed by atoms with Gasteiger partial charge in [-0.2, -0.15) is 0 Å². The van der Waals surface area contributed by atoms with Crippen LogP contribution >= 0.6 is 34.8 Å². The summed E-state index contributed by atoms with van der Waals surface area (Å²) in [4.78, 5) is 38.8. The van der Waals surface area contributed by atoms with Crippen LogP contribution in [-0.4, -0.2) is 17.8 Å². The van der Waals surface area contributed by atoms with E-state index in [0.717, 1.165) is 10.5 Å². The molecule has 1 aliphatic rings. The van der Waals surface area contributed by atoms with Gasteiger partial charge in [-0.1, -0.05) is 53.0 Å². The number of hydrogen-bond acceptors (Lipinski definition) is 4. The molecule has 1 N–H and O–H groups in total. The zero-order valence-electron chi connectivity index (χ0n) is 16.8. The zero-order valence-corrected chi connectivity index (χ0v) is 19.1. The van der Waals surface area contributed by atoms with Gasteiger partial charge in [0.25, 0.3) is 11.8 Å². The summed E-state index contributed by atoms with van der Waals surface area (Å²) in [5.41, 5.74) is 1.16. The average molecular weight is 502 g/mol. The molecule has 0 aliphatic carbocycles. The normalized spacial score (nSPS) is 15.1. The fourth-order valence-corrected chi connectivity index (χ4v) is 3.67. The molecule has 0 aromatic heterocycles. The minimum atomic E-state index is -0.856. The molecule has 1 heterocycles. The highest BCUT2D eigenvalue weighted by Crippen LogP contribution is 2.29. The summed E-state index contributed by atoms with van der Waals surface area (Å²) in [7, 11) is 0. The molecule has 9 heteroatoms. The fourth-order valence-electron chi connectivity index (χ4n) is 3.17. The second kappa shape index (κ2) is 9.67. The van der Waals surface area contributed by atoms with Crippen LogP contribution in [0.15, 0.2) is 72.3 Å². The van der Waals surface area contributed by atoms with E-state index in [4.69, 9.17) is 39.5 Å². The number of barbiturate groups is 1. The minimum absolute atomic E-state index is 0.160. The van der Waals surface area contributed by atoms with E-state index in [9.17, 15) is 14.4 Å². The largest absolute Gasteiger partial charge is 0.488 e. The first-order valence-electron chi connectivity index (χ1n) is 9.66. The van der Waals surface area contributed by atoms with Crippen LogP contribution in [0, 0.1) is 0 Å². The molecule has 6 nitrogen and oxygen atoms in total. The van der Waals surface area contributed by atoms with Crippen LogP contribution < -0.4 is 15.0 Å². The maximum atomic E-state index is 13.1. The molecule has 0 atom stereocenters. The standard InChI is InChI=1S/C24H15Cl3N2O4/c25-16-5-8-18(9-6-16)29-23(31)19(22(30)28-24(29)32)12-15-11-17(26)7-10-21(15)33-13-14-3-1-2-4-20(14)27/h1-12H,13H2,(H,28,30,32)/b19-12+. The number of halogens is 3. The van der Waals surface area contributed by atoms with Crippen molar-refractivity contribution in [2.45, 2.75) is 6.61 Å². The van der Waals surface area contributed by atoms with Gasteiger partial charge >= 0.3 is 6.03 Å². The highest BCUT2D eigenvalue weighted by Gasteiger charge is 2.37. The first-order chi connectivity index (χ1) is 15.8. The van der Waals surface area contributed by atoms with Crippen molar-refractivity contribution in [3.63, 3.8) is 0 Å². The maximum Gasteiger partial charge on any atom is 0.335 e. The van der Waals surface area contributed by atoms with Crippen LogP contribution in [0.25, 0.3) is 6.08 Å². The number of hydrogen-bond donors (Lipinski definition) is 1. The summed E-state index contributed by atoms with van der Waals surface area (Å²) in [5.74, 6) is -1.24. The first kappa shape index (κ1) is 22.9. The van der Waals surface area contributed by atoms with Crippen molar-refractivity contribution in [2.75, 3.05) is 4.90 Å². The van der Waals surface area contributed by atoms with Crippen LogP contribution in [0.3, 0.4) is 0 Å². The topological polar surface area (TPSA) is 75.7 Å². The highest BCUT2D eigenvalue weighted by atomic mass is 35.5. The molecule has 1 saturated heterocycles. The number of nitrogens with one attached hydrogen (secondary N) is 1. The van der Waals surface area contributed by atoms with Crippen molar-refractivity contribution in [1.82, 2.24) is 5.32 Å². The molecule has 4 amide bonds. The molecule has 0 unspecified atom stereocenters. The number of nitrogens with zero attached hydrogens (tertiary/aromatic N) is 1. The van der Waals surface area contributed by atoms with Gasteiger partial charge in [0.1, 0.15) is 17.9 Å². The molecule has 1 fully saturated rings. The number of benzene rings is 3. The number of ether oxygens (including phenoxy) is 1. The van der Waals surface area contributed by atoms with Crippen LogP contribution in [0.1, 0.15) is 11.1 Å². The van der Waals surface area contributed by atoms with Crippen molar-refractivity contribution in [3.8, 4) is 5.75 Å². The molecule has 0 saturated carbocycles. The molecule has 4 rings (SSSR count). The van der Waals surface area contributed by atoms with Gasteiger partial charge in [0.05, 0.1) is 5.69 Å². The van der Waals surface area contributed by atoms with Crippen molar-refractivity contribution < 1.29 is 19.1 Å². The molecule has 3 aromatic carbocycles. The third-order valence-corrected chi connectivity index (χ3v) is 5.65. The molecular weight excluding hydrogens is 487 g/mol. The van der Waals surface area contributed by atoms with Gasteiger partial charge in [0, 0.05) is 26.2 Å². The number of carbonyl (C=O) groups excluding carboxylic acids is 3. The molecule has 0 bridgehead atoms. The van der Waals surface area contributed by atoms with Crippen LogP contribution in [-0.2, 0) is 16.2 Å². The summed E-state index contributed by atoms with van der Waals surface area (Å²) >= 11 is 18.2. The van der Waals surface area contributed by atoms with Crippen LogP contribution in [0.2, 0.25) is 15.1 Å². The Morgan fingerprint density at radius 3 is 2.30 bits per heavy atom. The van der Waals surface area contributed by atoms with E-state index < -0.39 is 17.8 Å². The zero-order chi connectivity index (χ0) is 23.5. The van der Waals surface area contributed by atoms with Gasteiger partial charge in [-0.25, -0.2) is 9.69 Å². The number of anilines is 1. The Balaban J connectivity index is 1.68. The van der Waals surface area contributed by atoms with Crippen molar-refractivity contribution in [1.29, 1.82) is 0 Å². The summed E-state index contributed by atoms with van der Waals surface area (Å²) in [6, 6.07) is 17.2. The smallest absolute Gasteiger partial charge is 0.335 e. The van der Waals surface area contributed by atoms with E-state index in [0.29, 0.717) is 26.4 Å². The molecular formula is C24H15Cl3N2O4. The van der Waals surface area contributed by atoms with E-state index in [1.165, 1.54) is 30.3 Å². The number of carbonyl (C=O) groups is 3. The van der Waals surface area contributed by atoms with E-state index in [1.54, 1.807) is 24.3 Å². The van der Waals surface area contributed by atoms with E-state index in [2.05, 4.69) is 5.32 Å². The predicted octanol–water partition coefficient (Wildman–Crippen LogP) is 5.89. The van der Waals surface area contributed by atoms with Gasteiger partial charge in [0.2, 0.25) is 0 Å². The van der Waals surface area contributed by atoms with E-state index >= 15 is 0 Å². The van der Waals surface area contributed by atoms with Gasteiger partial charge in [0.15, 0.2) is 0 Å². The number of urea groups is 1. The quantitative estimate of drug-likeness (QED) is 0.349. The Hall–Kier alpha value is -3.32. The highest BCUT2D eigenvalue weighted by molar-refractivity contribution is 6.39. The number of amides is 4. The van der Waals surface area contributed by atoms with Crippen molar-refractivity contribution in [3.05, 3.63) is 98.5 Å². The fraction of sp³-hybridized carbons (Fsp3) is 0.0417. The molecule has 1 aliphatic heterocycles. The van der Waals surface area contributed by atoms with Crippen LogP contribution in [0.5, 0.6) is 5.75 Å². The third-order valence-electron chi connectivity index (χ3n) is 4.80. The lowest BCUT2D eigenvalue weighted by atomic mass is 10.1. The summed E-state index contributed by atoms with van der Waals surface area (Å²) in [5, 5.41) is 3.54. The monoisotopic (exact) mass is 500 g/mol.